The lowest BCUT2D eigenvalue weighted by Gasteiger charge is -2.30. The molecule has 1 saturated heterocycles. The van der Waals surface area contributed by atoms with Crippen LogP contribution >= 0.6 is 15.9 Å². The van der Waals surface area contributed by atoms with Gasteiger partial charge in [-0.25, -0.2) is 13.3 Å². The number of piperidine rings is 1. The number of nitrogens with two attached hydrogens (primary N) is 1. The van der Waals surface area contributed by atoms with Gasteiger partial charge in [0, 0.05) is 32.1 Å². The predicted molar refractivity (Wildman–Crippen MR) is 71.5 cm³/mol. The van der Waals surface area contributed by atoms with Gasteiger partial charge in [0.15, 0.2) is 5.65 Å². The maximum absolute atomic E-state index is 13.1. The van der Waals surface area contributed by atoms with E-state index in [0.717, 1.165) is 0 Å². The van der Waals surface area contributed by atoms with E-state index in [1.807, 2.05) is 0 Å². The minimum Gasteiger partial charge on any atom is -0.398 e. The van der Waals surface area contributed by atoms with Crippen molar-refractivity contribution in [1.29, 1.82) is 0 Å². The van der Waals surface area contributed by atoms with Gasteiger partial charge in [-0.2, -0.15) is 4.98 Å². The number of alkyl halides is 2. The lowest BCUT2D eigenvalue weighted by molar-refractivity contribution is -0.0222. The summed E-state index contributed by atoms with van der Waals surface area (Å²) in [6, 6.07) is 1.71. The minimum atomic E-state index is -2.57. The Morgan fingerprint density at radius 1 is 1.32 bits per heavy atom. The molecule has 2 aromatic heterocycles. The molecule has 3 heterocycles. The first kappa shape index (κ1) is 12.6. The Hall–Kier alpha value is -1.44. The smallest absolute Gasteiger partial charge is 0.251 e. The molecule has 0 atom stereocenters. The molecular weight excluding hydrogens is 320 g/mol. The summed E-state index contributed by atoms with van der Waals surface area (Å²) in [4.78, 5) is 6.12. The van der Waals surface area contributed by atoms with Crippen LogP contribution in [0.25, 0.3) is 5.65 Å². The summed E-state index contributed by atoms with van der Waals surface area (Å²) in [7, 11) is 0. The van der Waals surface area contributed by atoms with E-state index in [1.165, 1.54) is 0 Å². The highest BCUT2D eigenvalue weighted by Gasteiger charge is 2.35. The van der Waals surface area contributed by atoms with Crippen LogP contribution in [0.1, 0.15) is 12.8 Å². The number of rotatable bonds is 1. The molecule has 0 saturated carbocycles. The molecule has 0 unspecified atom stereocenters. The lowest BCUT2D eigenvalue weighted by atomic mass is 10.1. The SMILES string of the molecule is Nc1ccn2nc(N3CCC(F)(F)CC3)nc2c1Br. The first-order valence-corrected chi connectivity index (χ1v) is 6.69. The zero-order valence-electron chi connectivity index (χ0n) is 9.98. The Morgan fingerprint density at radius 3 is 2.68 bits per heavy atom. The summed E-state index contributed by atoms with van der Waals surface area (Å²) in [5, 5.41) is 4.29. The Balaban J connectivity index is 1.92. The van der Waals surface area contributed by atoms with Crippen LogP contribution in [0.5, 0.6) is 0 Å². The second kappa shape index (κ2) is 4.29. The second-order valence-electron chi connectivity index (χ2n) is 4.61. The van der Waals surface area contributed by atoms with Gasteiger partial charge < -0.3 is 10.6 Å². The van der Waals surface area contributed by atoms with E-state index in [-0.39, 0.29) is 25.9 Å². The number of aromatic nitrogens is 3. The number of nitrogens with zero attached hydrogens (tertiary/aromatic N) is 4. The van der Waals surface area contributed by atoms with Crippen molar-refractivity contribution < 1.29 is 8.78 Å². The predicted octanol–water partition coefficient (Wildman–Crippen LogP) is 2.31. The van der Waals surface area contributed by atoms with Crippen molar-refractivity contribution in [3.05, 3.63) is 16.7 Å². The van der Waals surface area contributed by atoms with Crippen LogP contribution in [-0.4, -0.2) is 33.6 Å². The van der Waals surface area contributed by atoms with Crippen LogP contribution in [0.2, 0.25) is 0 Å². The van der Waals surface area contributed by atoms with Crippen molar-refractivity contribution in [2.45, 2.75) is 18.8 Å². The average Bonchev–Trinajstić information content (AvgIpc) is 2.79. The van der Waals surface area contributed by atoms with Crippen molar-refractivity contribution in [2.24, 2.45) is 0 Å². The highest BCUT2D eigenvalue weighted by Crippen LogP contribution is 2.30. The van der Waals surface area contributed by atoms with Crippen LogP contribution in [0.4, 0.5) is 20.4 Å². The first-order chi connectivity index (χ1) is 8.96. The third kappa shape index (κ3) is 2.24. The average molecular weight is 332 g/mol. The fourth-order valence-electron chi connectivity index (χ4n) is 2.09. The standard InChI is InChI=1S/C11H12BrF2N5/c12-8-7(15)1-4-19-9(8)16-10(17-19)18-5-2-11(13,14)3-6-18/h1,4H,2-3,5-6,15H2. The van der Waals surface area contributed by atoms with Crippen LogP contribution in [-0.2, 0) is 0 Å². The summed E-state index contributed by atoms with van der Waals surface area (Å²) in [5.74, 6) is -2.11. The molecule has 0 amide bonds. The van der Waals surface area contributed by atoms with Gasteiger partial charge in [0.25, 0.3) is 5.92 Å². The molecule has 19 heavy (non-hydrogen) atoms. The molecule has 0 bridgehead atoms. The Bertz CT molecular complexity index is 617. The molecule has 8 heteroatoms. The van der Waals surface area contributed by atoms with E-state index in [9.17, 15) is 8.78 Å². The molecule has 2 N–H and O–H groups in total. The number of anilines is 2. The van der Waals surface area contributed by atoms with Crippen molar-refractivity contribution in [3.63, 3.8) is 0 Å². The second-order valence-corrected chi connectivity index (χ2v) is 5.40. The van der Waals surface area contributed by atoms with Gasteiger partial charge in [-0.05, 0) is 22.0 Å². The van der Waals surface area contributed by atoms with E-state index in [2.05, 4.69) is 26.0 Å². The van der Waals surface area contributed by atoms with Crippen molar-refractivity contribution in [2.75, 3.05) is 23.7 Å². The van der Waals surface area contributed by atoms with Crippen LogP contribution in [0.15, 0.2) is 16.7 Å². The number of fused-ring (bicyclic) bond motifs is 1. The number of pyridine rings is 1. The Kier molecular flexibility index (Phi) is 2.84. The highest BCUT2D eigenvalue weighted by molar-refractivity contribution is 9.10. The maximum Gasteiger partial charge on any atom is 0.251 e. The normalized spacial score (nSPS) is 19.0. The zero-order chi connectivity index (χ0) is 13.6. The molecular formula is C11H12BrF2N5. The molecule has 1 aliphatic heterocycles. The molecule has 0 aliphatic carbocycles. The topological polar surface area (TPSA) is 59.5 Å². The quantitative estimate of drug-likeness (QED) is 0.871. The van der Waals surface area contributed by atoms with Crippen molar-refractivity contribution in [3.8, 4) is 0 Å². The molecule has 3 rings (SSSR count). The maximum atomic E-state index is 13.1. The van der Waals surface area contributed by atoms with E-state index < -0.39 is 5.92 Å². The molecule has 0 radical (unpaired) electrons. The fourth-order valence-corrected chi connectivity index (χ4v) is 2.49. The van der Waals surface area contributed by atoms with E-state index >= 15 is 0 Å². The number of halogens is 3. The third-order valence-corrected chi connectivity index (χ3v) is 4.06. The number of hydrogen-bond donors (Lipinski definition) is 1. The molecule has 2 aromatic rings. The van der Waals surface area contributed by atoms with E-state index in [1.54, 1.807) is 21.7 Å². The Labute approximate surface area is 116 Å². The number of hydrogen-bond acceptors (Lipinski definition) is 4. The van der Waals surface area contributed by atoms with Gasteiger partial charge in [-0.3, -0.25) is 0 Å². The molecule has 102 valence electrons. The lowest BCUT2D eigenvalue weighted by Crippen LogP contribution is -2.39. The van der Waals surface area contributed by atoms with Gasteiger partial charge in [0.05, 0.1) is 10.2 Å². The zero-order valence-corrected chi connectivity index (χ0v) is 11.6. The van der Waals surface area contributed by atoms with Gasteiger partial charge in [0.2, 0.25) is 5.95 Å². The van der Waals surface area contributed by atoms with Gasteiger partial charge in [0.1, 0.15) is 0 Å². The summed E-state index contributed by atoms with van der Waals surface area (Å²) >= 11 is 3.35. The van der Waals surface area contributed by atoms with Crippen molar-refractivity contribution in [1.82, 2.24) is 14.6 Å². The van der Waals surface area contributed by atoms with Gasteiger partial charge >= 0.3 is 0 Å². The fraction of sp³-hybridized carbons (Fsp3) is 0.455. The largest absolute Gasteiger partial charge is 0.398 e. The third-order valence-electron chi connectivity index (χ3n) is 3.24. The summed E-state index contributed by atoms with van der Waals surface area (Å²) in [6.07, 6.45) is 1.38. The highest BCUT2D eigenvalue weighted by atomic mass is 79.9. The van der Waals surface area contributed by atoms with Crippen LogP contribution in [0, 0.1) is 0 Å². The van der Waals surface area contributed by atoms with Crippen molar-refractivity contribution >= 4 is 33.2 Å². The van der Waals surface area contributed by atoms with E-state index in [4.69, 9.17) is 5.73 Å². The molecule has 1 fully saturated rings. The first-order valence-electron chi connectivity index (χ1n) is 5.89. The van der Waals surface area contributed by atoms with Gasteiger partial charge in [-0.15, -0.1) is 5.10 Å². The molecule has 0 aromatic carbocycles. The van der Waals surface area contributed by atoms with Crippen LogP contribution in [0.3, 0.4) is 0 Å². The molecule has 1 aliphatic rings. The Morgan fingerprint density at radius 2 is 2.00 bits per heavy atom. The van der Waals surface area contributed by atoms with E-state index in [0.29, 0.717) is 21.8 Å². The molecule has 5 nitrogen and oxygen atoms in total. The minimum absolute atomic E-state index is 0.161. The summed E-state index contributed by atoms with van der Waals surface area (Å²) in [5.41, 5.74) is 6.92. The summed E-state index contributed by atoms with van der Waals surface area (Å²) in [6.45, 7) is 0.522. The summed E-state index contributed by atoms with van der Waals surface area (Å²) < 4.78 is 28.5. The monoisotopic (exact) mass is 331 g/mol. The number of nitrogen functional groups attached to an aromatic ring is 1. The van der Waals surface area contributed by atoms with Gasteiger partial charge in [-0.1, -0.05) is 0 Å². The molecule has 0 spiro atoms. The van der Waals surface area contributed by atoms with Crippen LogP contribution < -0.4 is 10.6 Å².